The lowest BCUT2D eigenvalue weighted by molar-refractivity contribution is 0.855. The highest BCUT2D eigenvalue weighted by atomic mass is 15.3. The van der Waals surface area contributed by atoms with Gasteiger partial charge in [-0.2, -0.15) is 9.78 Å². The number of hydrogen-bond donors (Lipinski definition) is 1. The zero-order valence-electron chi connectivity index (χ0n) is 7.31. The summed E-state index contributed by atoms with van der Waals surface area (Å²) in [6.45, 7) is 2.00. The number of nitrogen functional groups attached to an aromatic ring is 1. The van der Waals surface area contributed by atoms with Crippen molar-refractivity contribution in [3.8, 4) is 5.82 Å². The van der Waals surface area contributed by atoms with Crippen molar-refractivity contribution in [2.45, 2.75) is 6.92 Å². The number of anilines is 1. The van der Waals surface area contributed by atoms with Crippen molar-refractivity contribution in [1.29, 1.82) is 0 Å². The molecule has 0 fully saturated rings. The quantitative estimate of drug-likeness (QED) is 0.705. The van der Waals surface area contributed by atoms with Crippen molar-refractivity contribution in [2.75, 3.05) is 5.73 Å². The highest BCUT2D eigenvalue weighted by Crippen LogP contribution is 2.09. The lowest BCUT2D eigenvalue weighted by Gasteiger charge is -2.02. The first kappa shape index (κ1) is 7.79. The van der Waals surface area contributed by atoms with Crippen LogP contribution in [0, 0.1) is 6.92 Å². The molecule has 13 heavy (non-hydrogen) atoms. The Hall–Kier alpha value is -1.84. The molecule has 0 radical (unpaired) electrons. The van der Waals surface area contributed by atoms with Crippen LogP contribution in [0.25, 0.3) is 5.82 Å². The van der Waals surface area contributed by atoms with Gasteiger partial charge in [0.1, 0.15) is 5.82 Å². The molecular weight excluding hydrogens is 164 g/mol. The number of pyridine rings is 1. The van der Waals surface area contributed by atoms with Crippen LogP contribution in [0.15, 0.2) is 30.6 Å². The minimum absolute atomic E-state index is 0.595. The van der Waals surface area contributed by atoms with Gasteiger partial charge in [0, 0.05) is 12.3 Å². The smallest absolute Gasteiger partial charge is 0.155 e. The molecule has 0 saturated carbocycles. The van der Waals surface area contributed by atoms with Crippen LogP contribution in [0.1, 0.15) is 5.56 Å². The second-order valence-corrected chi connectivity index (χ2v) is 2.86. The van der Waals surface area contributed by atoms with E-state index >= 15 is 0 Å². The van der Waals surface area contributed by atoms with Gasteiger partial charge in [-0.1, -0.05) is 0 Å². The van der Waals surface area contributed by atoms with E-state index in [1.165, 1.54) is 0 Å². The predicted molar refractivity (Wildman–Crippen MR) is 50.5 cm³/mol. The Morgan fingerprint density at radius 2 is 2.15 bits per heavy atom. The predicted octanol–water partition coefficient (Wildman–Crippen LogP) is 1.16. The second kappa shape index (κ2) is 2.90. The first-order valence-corrected chi connectivity index (χ1v) is 4.00. The third-order valence-corrected chi connectivity index (χ3v) is 1.79. The monoisotopic (exact) mass is 174 g/mol. The van der Waals surface area contributed by atoms with Crippen LogP contribution in [-0.2, 0) is 0 Å². The van der Waals surface area contributed by atoms with Crippen molar-refractivity contribution in [3.63, 3.8) is 0 Å². The summed E-state index contributed by atoms with van der Waals surface area (Å²) < 4.78 is 1.60. The Labute approximate surface area is 76.0 Å². The minimum Gasteiger partial charge on any atom is -0.384 e. The molecule has 0 amide bonds. The zero-order valence-corrected chi connectivity index (χ0v) is 7.31. The van der Waals surface area contributed by atoms with E-state index in [0.717, 1.165) is 11.4 Å². The number of aromatic nitrogens is 3. The molecule has 66 valence electrons. The van der Waals surface area contributed by atoms with E-state index < -0.39 is 0 Å². The van der Waals surface area contributed by atoms with E-state index in [2.05, 4.69) is 10.1 Å². The molecule has 0 aliphatic heterocycles. The van der Waals surface area contributed by atoms with Gasteiger partial charge in [-0.05, 0) is 24.6 Å². The third kappa shape index (κ3) is 1.38. The summed E-state index contributed by atoms with van der Waals surface area (Å²) in [7, 11) is 0. The molecule has 2 aromatic rings. The van der Waals surface area contributed by atoms with Crippen molar-refractivity contribution >= 4 is 5.82 Å². The average molecular weight is 174 g/mol. The third-order valence-electron chi connectivity index (χ3n) is 1.79. The summed E-state index contributed by atoms with van der Waals surface area (Å²) in [5, 5.41) is 4.06. The fourth-order valence-electron chi connectivity index (χ4n) is 1.14. The Bertz CT molecular complexity index is 419. The molecule has 2 aromatic heterocycles. The van der Waals surface area contributed by atoms with Crippen molar-refractivity contribution in [2.24, 2.45) is 0 Å². The molecule has 0 saturated heterocycles. The molecule has 4 nitrogen and oxygen atoms in total. The van der Waals surface area contributed by atoms with Crippen molar-refractivity contribution < 1.29 is 0 Å². The maximum Gasteiger partial charge on any atom is 0.155 e. The van der Waals surface area contributed by atoms with Gasteiger partial charge >= 0.3 is 0 Å². The Morgan fingerprint density at radius 3 is 2.77 bits per heavy atom. The van der Waals surface area contributed by atoms with E-state index in [4.69, 9.17) is 5.73 Å². The summed E-state index contributed by atoms with van der Waals surface area (Å²) in [6.07, 6.45) is 3.39. The van der Waals surface area contributed by atoms with E-state index in [0.29, 0.717) is 5.82 Å². The van der Waals surface area contributed by atoms with Gasteiger partial charge in [-0.15, -0.1) is 0 Å². The molecule has 2 rings (SSSR count). The van der Waals surface area contributed by atoms with Gasteiger partial charge in [0.05, 0.1) is 6.20 Å². The maximum atomic E-state index is 5.68. The molecule has 0 unspecified atom stereocenters. The van der Waals surface area contributed by atoms with E-state index in [1.54, 1.807) is 23.1 Å². The Balaban J connectivity index is 2.53. The molecule has 0 atom stereocenters. The van der Waals surface area contributed by atoms with E-state index in [-0.39, 0.29) is 0 Å². The van der Waals surface area contributed by atoms with Crippen LogP contribution in [0.3, 0.4) is 0 Å². The fraction of sp³-hybridized carbons (Fsp3) is 0.111. The van der Waals surface area contributed by atoms with Crippen LogP contribution in [0.2, 0.25) is 0 Å². The van der Waals surface area contributed by atoms with Gasteiger partial charge in [0.25, 0.3) is 0 Å². The lowest BCUT2D eigenvalue weighted by Crippen LogP contribution is -2.03. The average Bonchev–Trinajstić information content (AvgIpc) is 2.51. The van der Waals surface area contributed by atoms with Crippen molar-refractivity contribution in [1.82, 2.24) is 14.8 Å². The normalized spacial score (nSPS) is 10.2. The fourth-order valence-corrected chi connectivity index (χ4v) is 1.14. The Kier molecular flexibility index (Phi) is 1.73. The summed E-state index contributed by atoms with van der Waals surface area (Å²) in [5.41, 5.74) is 6.82. The molecular formula is C9H10N4. The van der Waals surface area contributed by atoms with Crippen LogP contribution in [-0.4, -0.2) is 14.8 Å². The van der Waals surface area contributed by atoms with Gasteiger partial charge in [0.15, 0.2) is 5.82 Å². The summed E-state index contributed by atoms with van der Waals surface area (Å²) in [6, 6.07) is 5.61. The van der Waals surface area contributed by atoms with Gasteiger partial charge < -0.3 is 5.73 Å². The largest absolute Gasteiger partial charge is 0.384 e. The van der Waals surface area contributed by atoms with Crippen LogP contribution >= 0.6 is 0 Å². The van der Waals surface area contributed by atoms with Gasteiger partial charge in [-0.25, -0.2) is 4.98 Å². The van der Waals surface area contributed by atoms with Crippen molar-refractivity contribution in [3.05, 3.63) is 36.2 Å². The highest BCUT2D eigenvalue weighted by molar-refractivity contribution is 5.37. The minimum atomic E-state index is 0.595. The van der Waals surface area contributed by atoms with E-state index in [9.17, 15) is 0 Å². The number of aryl methyl sites for hydroxylation is 1. The first-order chi connectivity index (χ1) is 6.27. The van der Waals surface area contributed by atoms with Crippen LogP contribution in [0.4, 0.5) is 5.82 Å². The van der Waals surface area contributed by atoms with E-state index in [1.807, 2.05) is 19.1 Å². The molecule has 4 heteroatoms. The molecule has 2 heterocycles. The summed E-state index contributed by atoms with van der Waals surface area (Å²) in [4.78, 5) is 4.16. The summed E-state index contributed by atoms with van der Waals surface area (Å²) in [5.74, 6) is 1.35. The lowest BCUT2D eigenvalue weighted by atomic mass is 10.3. The molecule has 0 aromatic carbocycles. The molecule has 2 N–H and O–H groups in total. The maximum absolute atomic E-state index is 5.68. The van der Waals surface area contributed by atoms with Gasteiger partial charge in [0.2, 0.25) is 0 Å². The molecule has 0 aliphatic carbocycles. The highest BCUT2D eigenvalue weighted by Gasteiger charge is 2.01. The number of nitrogens with two attached hydrogens (primary N) is 1. The van der Waals surface area contributed by atoms with Crippen LogP contribution < -0.4 is 5.73 Å². The number of nitrogens with zero attached hydrogens (tertiary/aromatic N) is 3. The SMILES string of the molecule is Cc1ccnc(-n2nccc2N)c1. The number of rotatable bonds is 1. The summed E-state index contributed by atoms with van der Waals surface area (Å²) >= 11 is 0. The zero-order chi connectivity index (χ0) is 9.26. The van der Waals surface area contributed by atoms with Gasteiger partial charge in [-0.3, -0.25) is 0 Å². The topological polar surface area (TPSA) is 56.7 Å². The molecule has 0 aliphatic rings. The standard InChI is InChI=1S/C9H10N4/c1-7-2-4-11-9(6-7)13-8(10)3-5-12-13/h2-6H,10H2,1H3. The first-order valence-electron chi connectivity index (χ1n) is 4.00. The number of hydrogen-bond acceptors (Lipinski definition) is 3. The molecule has 0 bridgehead atoms. The van der Waals surface area contributed by atoms with Crippen LogP contribution in [0.5, 0.6) is 0 Å². The Morgan fingerprint density at radius 1 is 1.31 bits per heavy atom. The second-order valence-electron chi connectivity index (χ2n) is 2.86. The molecule has 0 spiro atoms.